The Morgan fingerprint density at radius 2 is 1.85 bits per heavy atom. The number of aromatic carboxylic acids is 1. The lowest BCUT2D eigenvalue weighted by Crippen LogP contribution is -2.30. The minimum absolute atomic E-state index is 0. The second kappa shape index (κ2) is 9.97. The molecule has 0 saturated heterocycles. The van der Waals surface area contributed by atoms with Crippen molar-refractivity contribution < 1.29 is 14.6 Å². The van der Waals surface area contributed by atoms with Crippen molar-refractivity contribution in [2.45, 2.75) is 12.5 Å². The molecule has 3 aromatic rings. The Kier molecular flexibility index (Phi) is 8.32. The topological polar surface area (TPSA) is 85.4 Å². The number of pyridine rings is 1. The molecule has 0 amide bonds. The van der Waals surface area contributed by atoms with Crippen molar-refractivity contribution in [2.24, 2.45) is 5.73 Å². The molecule has 5 nitrogen and oxygen atoms in total. The van der Waals surface area contributed by atoms with Gasteiger partial charge in [0.1, 0.15) is 17.9 Å². The van der Waals surface area contributed by atoms with E-state index in [-0.39, 0.29) is 43.0 Å². The van der Waals surface area contributed by atoms with Crippen molar-refractivity contribution in [3.05, 3.63) is 72.1 Å². The molecule has 2 aromatic carbocycles. The summed E-state index contributed by atoms with van der Waals surface area (Å²) >= 11 is 0. The van der Waals surface area contributed by atoms with Gasteiger partial charge in [-0.1, -0.05) is 30.3 Å². The summed E-state index contributed by atoms with van der Waals surface area (Å²) in [6.07, 6.45) is 3.87. The Morgan fingerprint density at radius 1 is 1.12 bits per heavy atom. The Bertz CT molecular complexity index is 860. The second-order valence-electron chi connectivity index (χ2n) is 5.60. The number of carboxylic acid groups (broad SMARTS) is 1. The highest BCUT2D eigenvalue weighted by Gasteiger charge is 2.16. The lowest BCUT2D eigenvalue weighted by atomic mass is 10.1. The van der Waals surface area contributed by atoms with Crippen LogP contribution in [0.25, 0.3) is 10.8 Å². The van der Waals surface area contributed by atoms with Gasteiger partial charge >= 0.3 is 5.97 Å². The maximum Gasteiger partial charge on any atom is 0.340 e. The number of ether oxygens (including phenoxy) is 1. The Hall–Kier alpha value is -2.34. The lowest BCUT2D eigenvalue weighted by Gasteiger charge is -2.15. The van der Waals surface area contributed by atoms with Crippen LogP contribution in [0.2, 0.25) is 0 Å². The number of hydrogen-bond donors (Lipinski definition) is 2. The number of hydrogen-bond acceptors (Lipinski definition) is 4. The van der Waals surface area contributed by atoms with Gasteiger partial charge in [0.05, 0.1) is 0 Å². The summed E-state index contributed by atoms with van der Waals surface area (Å²) in [5.41, 5.74) is 7.37. The van der Waals surface area contributed by atoms with Crippen LogP contribution in [0, 0.1) is 0 Å². The number of nitrogens with two attached hydrogens (primary N) is 1. The van der Waals surface area contributed by atoms with E-state index in [0.717, 1.165) is 10.9 Å². The molecule has 3 N–H and O–H groups in total. The molecular weight excluding hydrogens is 375 g/mol. The maximum atomic E-state index is 11.6. The molecular formula is C19H20Cl2N2O3. The normalized spacial score (nSPS) is 11.1. The summed E-state index contributed by atoms with van der Waals surface area (Å²) in [6, 6.07) is 14.8. The van der Waals surface area contributed by atoms with Gasteiger partial charge in [-0.3, -0.25) is 4.98 Å². The van der Waals surface area contributed by atoms with E-state index in [1.807, 2.05) is 30.3 Å². The third-order valence-electron chi connectivity index (χ3n) is 3.79. The number of aromatic nitrogens is 1. The molecule has 0 saturated carbocycles. The summed E-state index contributed by atoms with van der Waals surface area (Å²) in [7, 11) is 0. The number of fused-ring (bicyclic) bond motifs is 1. The number of benzene rings is 2. The molecule has 3 rings (SSSR count). The van der Waals surface area contributed by atoms with Gasteiger partial charge in [0.25, 0.3) is 0 Å². The van der Waals surface area contributed by atoms with Crippen LogP contribution in [0.4, 0.5) is 0 Å². The lowest BCUT2D eigenvalue weighted by molar-refractivity contribution is 0.0694. The van der Waals surface area contributed by atoms with E-state index < -0.39 is 5.97 Å². The smallest absolute Gasteiger partial charge is 0.340 e. The second-order valence-corrected chi connectivity index (χ2v) is 5.60. The minimum atomic E-state index is -1.03. The van der Waals surface area contributed by atoms with Crippen LogP contribution in [-0.4, -0.2) is 28.7 Å². The Balaban J connectivity index is 0.00000169. The number of carboxylic acids is 1. The van der Waals surface area contributed by atoms with Crippen LogP contribution in [0.3, 0.4) is 0 Å². The first kappa shape index (κ1) is 21.7. The molecule has 0 fully saturated rings. The van der Waals surface area contributed by atoms with E-state index in [1.165, 1.54) is 0 Å². The average molecular weight is 395 g/mol. The largest absolute Gasteiger partial charge is 0.491 e. The zero-order valence-corrected chi connectivity index (χ0v) is 15.5. The predicted octanol–water partition coefficient (Wildman–Crippen LogP) is 3.73. The van der Waals surface area contributed by atoms with E-state index in [2.05, 4.69) is 4.98 Å². The van der Waals surface area contributed by atoms with E-state index in [4.69, 9.17) is 10.5 Å². The Labute approximate surface area is 164 Å². The first-order valence-corrected chi connectivity index (χ1v) is 7.67. The van der Waals surface area contributed by atoms with Crippen molar-refractivity contribution in [3.8, 4) is 5.75 Å². The highest BCUT2D eigenvalue weighted by molar-refractivity contribution is 6.06. The van der Waals surface area contributed by atoms with Crippen LogP contribution in [0.5, 0.6) is 5.75 Å². The standard InChI is InChI=1S/C19H18N2O3.2ClH/c20-15(10-13-4-2-1-3-5-13)12-24-17-7-6-14-11-21-9-8-16(14)18(17)19(22)23;;/h1-9,11,15H,10,12,20H2,(H,22,23);2*1H/t15-;;/m1../s1. The van der Waals surface area contributed by atoms with Gasteiger partial charge in [-0.25, -0.2) is 4.79 Å². The van der Waals surface area contributed by atoms with Gasteiger partial charge in [0.15, 0.2) is 0 Å². The van der Waals surface area contributed by atoms with Crippen LogP contribution in [0.1, 0.15) is 15.9 Å². The van der Waals surface area contributed by atoms with E-state index in [9.17, 15) is 9.90 Å². The predicted molar refractivity (Wildman–Crippen MR) is 107 cm³/mol. The van der Waals surface area contributed by atoms with Crippen LogP contribution < -0.4 is 10.5 Å². The van der Waals surface area contributed by atoms with Crippen LogP contribution in [-0.2, 0) is 6.42 Å². The highest BCUT2D eigenvalue weighted by atomic mass is 35.5. The minimum Gasteiger partial charge on any atom is -0.491 e. The molecule has 138 valence electrons. The Morgan fingerprint density at radius 3 is 2.54 bits per heavy atom. The van der Waals surface area contributed by atoms with Gasteiger partial charge < -0.3 is 15.6 Å². The SMILES string of the molecule is Cl.Cl.N[C@@H](COc1ccc2cnccc2c1C(=O)O)Cc1ccccc1. The molecule has 7 heteroatoms. The summed E-state index contributed by atoms with van der Waals surface area (Å²) in [4.78, 5) is 15.7. The van der Waals surface area contributed by atoms with E-state index in [1.54, 1.807) is 30.6 Å². The number of halogens is 2. The molecule has 1 aromatic heterocycles. The monoisotopic (exact) mass is 394 g/mol. The zero-order chi connectivity index (χ0) is 16.9. The summed E-state index contributed by atoms with van der Waals surface area (Å²) in [6.45, 7) is 0.242. The molecule has 0 radical (unpaired) electrons. The van der Waals surface area contributed by atoms with Crippen LogP contribution in [0.15, 0.2) is 60.9 Å². The van der Waals surface area contributed by atoms with Crippen molar-refractivity contribution in [1.82, 2.24) is 4.98 Å². The average Bonchev–Trinajstić information content (AvgIpc) is 2.60. The first-order valence-electron chi connectivity index (χ1n) is 7.67. The fourth-order valence-corrected chi connectivity index (χ4v) is 2.66. The van der Waals surface area contributed by atoms with E-state index in [0.29, 0.717) is 17.6 Å². The summed E-state index contributed by atoms with van der Waals surface area (Å²) < 4.78 is 5.71. The van der Waals surface area contributed by atoms with Crippen LogP contribution >= 0.6 is 24.8 Å². The molecule has 1 heterocycles. The van der Waals surface area contributed by atoms with Gasteiger partial charge in [-0.15, -0.1) is 24.8 Å². The van der Waals surface area contributed by atoms with Gasteiger partial charge in [0, 0.05) is 29.2 Å². The molecule has 0 bridgehead atoms. The van der Waals surface area contributed by atoms with Crippen molar-refractivity contribution >= 4 is 41.6 Å². The number of nitrogens with zero attached hydrogens (tertiary/aromatic N) is 1. The zero-order valence-electron chi connectivity index (χ0n) is 13.9. The number of rotatable bonds is 6. The van der Waals surface area contributed by atoms with E-state index >= 15 is 0 Å². The third-order valence-corrected chi connectivity index (χ3v) is 3.79. The molecule has 26 heavy (non-hydrogen) atoms. The molecule has 0 aliphatic heterocycles. The fourth-order valence-electron chi connectivity index (χ4n) is 2.66. The van der Waals surface area contributed by atoms with Gasteiger partial charge in [-0.2, -0.15) is 0 Å². The molecule has 0 aliphatic rings. The summed E-state index contributed by atoms with van der Waals surface area (Å²) in [5.74, 6) is -0.705. The van der Waals surface area contributed by atoms with Gasteiger partial charge in [-0.05, 0) is 30.2 Å². The molecule has 0 aliphatic carbocycles. The third kappa shape index (κ3) is 5.08. The summed E-state index contributed by atoms with van der Waals surface area (Å²) in [5, 5.41) is 10.9. The van der Waals surface area contributed by atoms with Gasteiger partial charge in [0.2, 0.25) is 0 Å². The molecule has 0 spiro atoms. The fraction of sp³-hybridized carbons (Fsp3) is 0.158. The van der Waals surface area contributed by atoms with Crippen molar-refractivity contribution in [2.75, 3.05) is 6.61 Å². The molecule has 0 unspecified atom stereocenters. The van der Waals surface area contributed by atoms with Crippen molar-refractivity contribution in [3.63, 3.8) is 0 Å². The molecule has 1 atom stereocenters. The number of carbonyl (C=O) groups is 1. The highest BCUT2D eigenvalue weighted by Crippen LogP contribution is 2.27. The first-order chi connectivity index (χ1) is 11.6. The maximum absolute atomic E-state index is 11.6. The quantitative estimate of drug-likeness (QED) is 0.665. The van der Waals surface area contributed by atoms with Crippen molar-refractivity contribution in [1.29, 1.82) is 0 Å².